The molecule has 1 atom stereocenters. The number of carbonyl (C=O) groups excluding carboxylic acids is 3. The van der Waals surface area contributed by atoms with Crippen molar-refractivity contribution in [2.75, 3.05) is 10.6 Å². The van der Waals surface area contributed by atoms with Gasteiger partial charge in [-0.1, -0.05) is 37.8 Å². The highest BCUT2D eigenvalue weighted by Crippen LogP contribution is 2.30. The largest absolute Gasteiger partial charge is 0.395 e. The van der Waals surface area contributed by atoms with Gasteiger partial charge in [0, 0.05) is 16.8 Å². The van der Waals surface area contributed by atoms with Gasteiger partial charge in [0.15, 0.2) is 5.69 Å². The smallest absolute Gasteiger partial charge is 0.272 e. The summed E-state index contributed by atoms with van der Waals surface area (Å²) in [6, 6.07) is 6.03. The normalized spacial score (nSPS) is 14.9. The third-order valence-electron chi connectivity index (χ3n) is 5.36. The molecule has 3 amide bonds. The summed E-state index contributed by atoms with van der Waals surface area (Å²) in [6.07, 6.45) is 5.17. The highest BCUT2D eigenvalue weighted by Gasteiger charge is 2.35. The standard InChI is InChI=1S/C21H26ClN5O3S/c1-2-5-15(20(29)25-13-6-3-4-7-13)27(14-10-8-12(22)9-11-14)21(30)18-16(23)17(19(24)28)26-31-18/h8-11,13,15H,2-7,23H2,1H3,(H2,24,28)(H,25,29)/t15-/m1/s1. The lowest BCUT2D eigenvalue weighted by molar-refractivity contribution is -0.123. The molecule has 1 aromatic heterocycles. The SMILES string of the molecule is CCC[C@H](C(=O)NC1CCCC1)N(C(=O)c1snc(C(N)=O)c1N)c1ccc(Cl)cc1. The molecule has 5 N–H and O–H groups in total. The van der Waals surface area contributed by atoms with E-state index in [-0.39, 0.29) is 28.2 Å². The van der Waals surface area contributed by atoms with Crippen molar-refractivity contribution in [3.05, 3.63) is 39.9 Å². The van der Waals surface area contributed by atoms with Gasteiger partial charge in [0.2, 0.25) is 5.91 Å². The van der Waals surface area contributed by atoms with Gasteiger partial charge in [-0.15, -0.1) is 0 Å². The fraction of sp³-hybridized carbons (Fsp3) is 0.429. The second-order valence-corrected chi connectivity index (χ2v) is 8.79. The second kappa shape index (κ2) is 10.1. The fourth-order valence-electron chi connectivity index (χ4n) is 3.80. The molecule has 0 saturated heterocycles. The third kappa shape index (κ3) is 5.16. The van der Waals surface area contributed by atoms with Gasteiger partial charge < -0.3 is 16.8 Å². The van der Waals surface area contributed by atoms with E-state index in [4.69, 9.17) is 23.1 Å². The maximum Gasteiger partial charge on any atom is 0.272 e. The number of anilines is 2. The van der Waals surface area contributed by atoms with Gasteiger partial charge in [-0.2, -0.15) is 4.37 Å². The molecule has 1 aromatic carbocycles. The van der Waals surface area contributed by atoms with E-state index in [0.717, 1.165) is 37.2 Å². The van der Waals surface area contributed by atoms with E-state index in [1.54, 1.807) is 24.3 Å². The van der Waals surface area contributed by atoms with Crippen molar-refractivity contribution < 1.29 is 14.4 Å². The summed E-state index contributed by atoms with van der Waals surface area (Å²) in [5.74, 6) is -1.53. The summed E-state index contributed by atoms with van der Waals surface area (Å²) >= 11 is 6.83. The number of hydrogen-bond acceptors (Lipinski definition) is 6. The first-order valence-corrected chi connectivity index (χ1v) is 11.4. The van der Waals surface area contributed by atoms with Crippen LogP contribution >= 0.6 is 23.1 Å². The number of carbonyl (C=O) groups is 3. The Balaban J connectivity index is 2.01. The first-order chi connectivity index (χ1) is 14.8. The monoisotopic (exact) mass is 463 g/mol. The van der Waals surface area contributed by atoms with E-state index >= 15 is 0 Å². The zero-order chi connectivity index (χ0) is 22.5. The Labute approximate surface area is 190 Å². The van der Waals surface area contributed by atoms with Crippen LogP contribution in [-0.4, -0.2) is 34.2 Å². The van der Waals surface area contributed by atoms with E-state index < -0.39 is 17.9 Å². The molecule has 0 bridgehead atoms. The van der Waals surface area contributed by atoms with Crippen molar-refractivity contribution in [2.45, 2.75) is 57.5 Å². The summed E-state index contributed by atoms with van der Waals surface area (Å²) in [7, 11) is 0. The summed E-state index contributed by atoms with van der Waals surface area (Å²) in [4.78, 5) is 39.9. The predicted octanol–water partition coefficient (Wildman–Crippen LogP) is 3.35. The van der Waals surface area contributed by atoms with Crippen LogP contribution in [0.4, 0.5) is 11.4 Å². The van der Waals surface area contributed by atoms with Crippen LogP contribution in [0.1, 0.15) is 65.6 Å². The third-order valence-corrected chi connectivity index (χ3v) is 6.46. The summed E-state index contributed by atoms with van der Waals surface area (Å²) in [6.45, 7) is 1.95. The number of hydrogen-bond donors (Lipinski definition) is 3. The number of nitrogens with zero attached hydrogens (tertiary/aromatic N) is 2. The molecule has 0 unspecified atom stereocenters. The molecule has 0 spiro atoms. The molecular formula is C21H26ClN5O3S. The number of amides is 3. The minimum absolute atomic E-state index is 0.0681. The van der Waals surface area contributed by atoms with Crippen molar-refractivity contribution in [3.63, 3.8) is 0 Å². The van der Waals surface area contributed by atoms with Gasteiger partial charge in [0.1, 0.15) is 10.9 Å². The van der Waals surface area contributed by atoms with Crippen LogP contribution in [-0.2, 0) is 4.79 Å². The molecular weight excluding hydrogens is 438 g/mol. The van der Waals surface area contributed by atoms with Crippen LogP contribution in [0.25, 0.3) is 0 Å². The number of primary amides is 1. The minimum atomic E-state index is -0.810. The molecule has 0 aliphatic heterocycles. The number of nitrogens with one attached hydrogen (secondary N) is 1. The fourth-order valence-corrected chi connectivity index (χ4v) is 4.67. The molecule has 0 radical (unpaired) electrons. The Morgan fingerprint density at radius 2 is 1.90 bits per heavy atom. The molecule has 1 aliphatic rings. The topological polar surface area (TPSA) is 131 Å². The van der Waals surface area contributed by atoms with Gasteiger partial charge >= 0.3 is 0 Å². The average molecular weight is 464 g/mol. The lowest BCUT2D eigenvalue weighted by atomic mass is 10.1. The molecule has 1 saturated carbocycles. The number of benzene rings is 1. The first-order valence-electron chi connectivity index (χ1n) is 10.3. The highest BCUT2D eigenvalue weighted by molar-refractivity contribution is 7.09. The van der Waals surface area contributed by atoms with Gasteiger partial charge in [0.05, 0.1) is 5.69 Å². The predicted molar refractivity (Wildman–Crippen MR) is 122 cm³/mol. The van der Waals surface area contributed by atoms with E-state index in [1.807, 2.05) is 6.92 Å². The summed E-state index contributed by atoms with van der Waals surface area (Å²) in [5, 5.41) is 3.60. The van der Waals surface area contributed by atoms with E-state index in [9.17, 15) is 14.4 Å². The maximum absolute atomic E-state index is 13.6. The maximum atomic E-state index is 13.6. The number of halogens is 1. The summed E-state index contributed by atoms with van der Waals surface area (Å²) < 4.78 is 3.93. The van der Waals surface area contributed by atoms with Gasteiger partial charge in [0.25, 0.3) is 11.8 Å². The van der Waals surface area contributed by atoms with Crippen molar-refractivity contribution >= 4 is 52.2 Å². The minimum Gasteiger partial charge on any atom is -0.395 e. The lowest BCUT2D eigenvalue weighted by Crippen LogP contribution is -2.51. The Morgan fingerprint density at radius 1 is 1.26 bits per heavy atom. The van der Waals surface area contributed by atoms with Crippen LogP contribution in [0, 0.1) is 0 Å². The zero-order valence-electron chi connectivity index (χ0n) is 17.3. The van der Waals surface area contributed by atoms with Gasteiger partial charge in [-0.3, -0.25) is 19.3 Å². The van der Waals surface area contributed by atoms with Crippen molar-refractivity contribution in [1.82, 2.24) is 9.69 Å². The van der Waals surface area contributed by atoms with Crippen LogP contribution in [0.15, 0.2) is 24.3 Å². The number of aromatic nitrogens is 1. The van der Waals surface area contributed by atoms with Crippen molar-refractivity contribution in [2.24, 2.45) is 5.73 Å². The molecule has 166 valence electrons. The lowest BCUT2D eigenvalue weighted by Gasteiger charge is -2.31. The zero-order valence-corrected chi connectivity index (χ0v) is 18.8. The molecule has 3 rings (SSSR count). The Kier molecular flexibility index (Phi) is 7.50. The molecule has 8 nitrogen and oxygen atoms in total. The Bertz CT molecular complexity index is 956. The molecule has 1 aliphatic carbocycles. The van der Waals surface area contributed by atoms with Gasteiger partial charge in [-0.05, 0) is 55.1 Å². The van der Waals surface area contributed by atoms with Gasteiger partial charge in [-0.25, -0.2) is 0 Å². The van der Waals surface area contributed by atoms with Crippen molar-refractivity contribution in [3.8, 4) is 0 Å². The average Bonchev–Trinajstić information content (AvgIpc) is 3.38. The quantitative estimate of drug-likeness (QED) is 0.552. The molecule has 1 fully saturated rings. The van der Waals surface area contributed by atoms with Crippen LogP contribution in [0.2, 0.25) is 5.02 Å². The first kappa shape index (κ1) is 23.0. The summed E-state index contributed by atoms with van der Waals surface area (Å²) in [5.41, 5.74) is 11.6. The molecule has 1 heterocycles. The van der Waals surface area contributed by atoms with Crippen LogP contribution in [0.5, 0.6) is 0 Å². The van der Waals surface area contributed by atoms with Crippen LogP contribution < -0.4 is 21.7 Å². The molecule has 2 aromatic rings. The number of nitrogen functional groups attached to an aromatic ring is 1. The highest BCUT2D eigenvalue weighted by atomic mass is 35.5. The van der Waals surface area contributed by atoms with Crippen molar-refractivity contribution in [1.29, 1.82) is 0 Å². The van der Waals surface area contributed by atoms with Crippen LogP contribution in [0.3, 0.4) is 0 Å². The van der Waals surface area contributed by atoms with E-state index in [2.05, 4.69) is 9.69 Å². The second-order valence-electron chi connectivity index (χ2n) is 7.58. The number of nitrogens with two attached hydrogens (primary N) is 2. The molecule has 31 heavy (non-hydrogen) atoms. The molecule has 10 heteroatoms. The van der Waals surface area contributed by atoms with E-state index in [0.29, 0.717) is 23.6 Å². The Morgan fingerprint density at radius 3 is 2.45 bits per heavy atom. The van der Waals surface area contributed by atoms with E-state index in [1.165, 1.54) is 4.90 Å². The number of rotatable bonds is 8. The Hall–Kier alpha value is -2.65.